The van der Waals surface area contributed by atoms with E-state index in [1.54, 1.807) is 0 Å². The molecule has 0 radical (unpaired) electrons. The van der Waals surface area contributed by atoms with Gasteiger partial charge in [0.1, 0.15) is 11.0 Å². The predicted octanol–water partition coefficient (Wildman–Crippen LogP) is 16.4. The lowest BCUT2D eigenvalue weighted by molar-refractivity contribution is 0.568. The lowest BCUT2D eigenvalue weighted by atomic mass is 9.94. The first kappa shape index (κ1) is 40.4. The molecule has 12 aromatic rings. The highest BCUT2D eigenvalue weighted by Gasteiger charge is 2.19. The lowest BCUT2D eigenvalue weighted by Crippen LogP contribution is -2.26. The first-order valence-corrected chi connectivity index (χ1v) is 23.9. The summed E-state index contributed by atoms with van der Waals surface area (Å²) in [4.78, 5) is 2.36. The molecule has 0 aliphatic heterocycles. The van der Waals surface area contributed by atoms with Crippen LogP contribution in [0.15, 0.2) is 253 Å². The van der Waals surface area contributed by atoms with Crippen LogP contribution in [0.3, 0.4) is 0 Å². The van der Waals surface area contributed by atoms with Crippen LogP contribution >= 0.6 is 0 Å². The van der Waals surface area contributed by atoms with Gasteiger partial charge >= 0.3 is 0 Å². The summed E-state index contributed by atoms with van der Waals surface area (Å²) in [5, 5.41) is 4.92. The molecule has 13 rings (SSSR count). The second-order valence-electron chi connectivity index (χ2n) is 17.9. The van der Waals surface area contributed by atoms with Gasteiger partial charge in [-0.3, -0.25) is 0 Å². The van der Waals surface area contributed by atoms with Crippen LogP contribution in [0.1, 0.15) is 18.4 Å². The summed E-state index contributed by atoms with van der Waals surface area (Å²) in [6, 6.07) is 90.0. The Labute approximate surface area is 401 Å². The molecule has 2 heterocycles. The van der Waals surface area contributed by atoms with E-state index in [-0.39, 0.29) is 0 Å². The number of rotatable bonds is 9. The molecule has 1 aliphatic rings. The average Bonchev–Trinajstić information content (AvgIpc) is 3.98. The maximum absolute atomic E-state index is 6.50. The molecule has 1 aliphatic carbocycles. The zero-order chi connectivity index (χ0) is 45.7. The zero-order valence-electron chi connectivity index (χ0n) is 38.0. The molecule has 326 valence electrons. The molecule has 0 saturated heterocycles. The van der Waals surface area contributed by atoms with Crippen LogP contribution in [0.4, 0.5) is 17.1 Å². The number of para-hydroxylation sites is 4. The molecule has 0 amide bonds. The summed E-state index contributed by atoms with van der Waals surface area (Å²) >= 11 is 0. The highest BCUT2D eigenvalue weighted by molar-refractivity contribution is 6.09. The molecule has 0 saturated carbocycles. The van der Waals surface area contributed by atoms with Crippen molar-refractivity contribution in [2.75, 3.05) is 4.90 Å². The smallest absolute Gasteiger partial charge is 0.138 e. The standard InChI is InChI=1S/C66H46N2O/c1-2-15-47(16-3-1)54-17-4-5-18-55(54)48-35-41-52(42-36-48)67(53-43-37-50(38-44-53)57-23-14-24-61-60-22-9-13-28-65(60)69-66(57)61)51-39-33-46(34-40-51)45-29-31-49(32-30-45)56-19-6-10-25-62(56)68-63-26-11-7-20-58(63)59-21-8-12-27-64(59)68/h1-13,15-22,24-44H,14,23H2. The van der Waals surface area contributed by atoms with E-state index in [9.17, 15) is 0 Å². The van der Waals surface area contributed by atoms with Crippen LogP contribution in [0, 0.1) is 0 Å². The summed E-state index contributed by atoms with van der Waals surface area (Å²) in [6.45, 7) is 0. The van der Waals surface area contributed by atoms with Crippen LogP contribution in [0.2, 0.25) is 0 Å². The lowest BCUT2D eigenvalue weighted by Gasteiger charge is -2.26. The van der Waals surface area contributed by atoms with Crippen molar-refractivity contribution in [3.05, 3.63) is 265 Å². The number of nitrogens with zero attached hydrogens (tertiary/aromatic N) is 2. The Kier molecular flexibility index (Phi) is 9.98. The van der Waals surface area contributed by atoms with E-state index in [2.05, 4.69) is 258 Å². The molecule has 0 bridgehead atoms. The quantitative estimate of drug-likeness (QED) is 0.144. The SMILES string of the molecule is C1=c2c(oc3ccccc23)=C(c2ccc(N(c3ccc(-c4ccc(-c5ccccc5-n5c6ccccc6c6ccccc65)cc4)cc3)c3ccc(-c4ccccc4-c4ccccc4)cc3)cc2)CC1. The summed E-state index contributed by atoms with van der Waals surface area (Å²) in [5.41, 5.74) is 20.8. The number of aromatic nitrogens is 1. The highest BCUT2D eigenvalue weighted by atomic mass is 16.3. The van der Waals surface area contributed by atoms with Gasteiger partial charge in [-0.2, -0.15) is 0 Å². The van der Waals surface area contributed by atoms with E-state index in [4.69, 9.17) is 4.42 Å². The Morgan fingerprint density at radius 2 is 0.783 bits per heavy atom. The number of furan rings is 1. The van der Waals surface area contributed by atoms with Gasteiger partial charge in [0.05, 0.1) is 16.7 Å². The van der Waals surface area contributed by atoms with E-state index in [0.29, 0.717) is 0 Å². The van der Waals surface area contributed by atoms with Crippen molar-refractivity contribution in [3.63, 3.8) is 0 Å². The Hall–Kier alpha value is -8.92. The Morgan fingerprint density at radius 1 is 0.348 bits per heavy atom. The number of hydrogen-bond acceptors (Lipinski definition) is 2. The van der Waals surface area contributed by atoms with Gasteiger partial charge in [0.25, 0.3) is 0 Å². The second kappa shape index (κ2) is 17.1. The normalized spacial score (nSPS) is 12.3. The van der Waals surface area contributed by atoms with Crippen molar-refractivity contribution >= 4 is 61.5 Å². The topological polar surface area (TPSA) is 21.3 Å². The van der Waals surface area contributed by atoms with Crippen LogP contribution in [-0.2, 0) is 0 Å². The van der Waals surface area contributed by atoms with Gasteiger partial charge < -0.3 is 13.9 Å². The van der Waals surface area contributed by atoms with Crippen LogP contribution in [0.5, 0.6) is 0 Å². The molecule has 2 aromatic heterocycles. The molecule has 0 fully saturated rings. The number of fused-ring (bicyclic) bond motifs is 6. The van der Waals surface area contributed by atoms with Gasteiger partial charge in [0.15, 0.2) is 0 Å². The number of hydrogen-bond donors (Lipinski definition) is 0. The number of anilines is 3. The van der Waals surface area contributed by atoms with E-state index < -0.39 is 0 Å². The largest absolute Gasteiger partial charge is 0.456 e. The van der Waals surface area contributed by atoms with E-state index in [1.165, 1.54) is 88.2 Å². The van der Waals surface area contributed by atoms with Crippen LogP contribution in [0.25, 0.3) is 94.6 Å². The van der Waals surface area contributed by atoms with Crippen molar-refractivity contribution in [2.24, 2.45) is 0 Å². The molecule has 10 aromatic carbocycles. The molecule has 0 N–H and O–H groups in total. The Morgan fingerprint density at radius 3 is 1.41 bits per heavy atom. The van der Waals surface area contributed by atoms with E-state index >= 15 is 0 Å². The van der Waals surface area contributed by atoms with Crippen molar-refractivity contribution in [3.8, 4) is 50.2 Å². The minimum Gasteiger partial charge on any atom is -0.456 e. The first-order chi connectivity index (χ1) is 34.2. The number of benzene rings is 10. The summed E-state index contributed by atoms with van der Waals surface area (Å²) < 4.78 is 8.91. The third kappa shape index (κ3) is 7.15. The molecular formula is C66H46N2O. The molecular weight excluding hydrogens is 837 g/mol. The van der Waals surface area contributed by atoms with Crippen LogP contribution < -0.4 is 15.5 Å². The van der Waals surface area contributed by atoms with E-state index in [0.717, 1.165) is 46.5 Å². The summed E-state index contributed by atoms with van der Waals surface area (Å²) in [7, 11) is 0. The molecule has 69 heavy (non-hydrogen) atoms. The van der Waals surface area contributed by atoms with Gasteiger partial charge in [-0.25, -0.2) is 0 Å². The van der Waals surface area contributed by atoms with Crippen molar-refractivity contribution in [2.45, 2.75) is 12.8 Å². The molecule has 0 unspecified atom stereocenters. The van der Waals surface area contributed by atoms with Crippen molar-refractivity contribution in [1.29, 1.82) is 0 Å². The third-order valence-electron chi connectivity index (χ3n) is 14.0. The van der Waals surface area contributed by atoms with Gasteiger partial charge in [-0.05, 0) is 118 Å². The Bertz CT molecular complexity index is 3920. The Balaban J connectivity index is 0.854. The van der Waals surface area contributed by atoms with Crippen molar-refractivity contribution in [1.82, 2.24) is 4.57 Å². The molecule has 0 spiro atoms. The monoisotopic (exact) mass is 882 g/mol. The summed E-state index contributed by atoms with van der Waals surface area (Å²) in [6.07, 6.45) is 4.26. The minimum absolute atomic E-state index is 0.941. The molecule has 3 heteroatoms. The third-order valence-corrected chi connectivity index (χ3v) is 14.0. The molecule has 0 atom stereocenters. The van der Waals surface area contributed by atoms with Gasteiger partial charge in [-0.1, -0.05) is 194 Å². The maximum atomic E-state index is 6.50. The van der Waals surface area contributed by atoms with Gasteiger partial charge in [-0.15, -0.1) is 0 Å². The van der Waals surface area contributed by atoms with E-state index in [1.807, 2.05) is 6.07 Å². The predicted molar refractivity (Wildman–Crippen MR) is 289 cm³/mol. The first-order valence-electron chi connectivity index (χ1n) is 23.9. The highest BCUT2D eigenvalue weighted by Crippen LogP contribution is 2.40. The average molecular weight is 883 g/mol. The minimum atomic E-state index is 0.941. The van der Waals surface area contributed by atoms with Crippen molar-refractivity contribution < 1.29 is 4.42 Å². The van der Waals surface area contributed by atoms with Gasteiger partial charge in [0, 0.05) is 49.6 Å². The van der Waals surface area contributed by atoms with Crippen LogP contribution in [-0.4, -0.2) is 4.57 Å². The maximum Gasteiger partial charge on any atom is 0.138 e. The fraction of sp³-hybridized carbons (Fsp3) is 0.0303. The molecule has 3 nitrogen and oxygen atoms in total. The zero-order valence-corrected chi connectivity index (χ0v) is 38.0. The second-order valence-corrected chi connectivity index (χ2v) is 17.9. The fourth-order valence-corrected chi connectivity index (χ4v) is 10.6. The summed E-state index contributed by atoms with van der Waals surface area (Å²) in [5.74, 6) is 0. The van der Waals surface area contributed by atoms with Gasteiger partial charge in [0.2, 0.25) is 0 Å². The fourth-order valence-electron chi connectivity index (χ4n) is 10.6.